The topological polar surface area (TPSA) is 63.3 Å². The molecule has 2 bridgehead atoms. The summed E-state index contributed by atoms with van der Waals surface area (Å²) in [5, 5.41) is 18.1. The monoisotopic (exact) mass is 318 g/mol. The zero-order chi connectivity index (χ0) is 16.9. The highest BCUT2D eigenvalue weighted by molar-refractivity contribution is 5.94. The van der Waals surface area contributed by atoms with E-state index >= 15 is 0 Å². The Labute approximate surface area is 139 Å². The second kappa shape index (κ2) is 5.40. The van der Waals surface area contributed by atoms with Crippen LogP contribution in [0.4, 0.5) is 0 Å². The molecule has 1 N–H and O–H groups in total. The van der Waals surface area contributed by atoms with Gasteiger partial charge in [0.15, 0.2) is 0 Å². The van der Waals surface area contributed by atoms with Crippen molar-refractivity contribution >= 4 is 5.71 Å². The molecule has 1 aromatic heterocycles. The summed E-state index contributed by atoms with van der Waals surface area (Å²) in [4.78, 5) is 4.93. The van der Waals surface area contributed by atoms with Crippen molar-refractivity contribution in [2.24, 2.45) is 21.7 Å². The summed E-state index contributed by atoms with van der Waals surface area (Å²) in [5.41, 5.74) is 2.17. The van der Waals surface area contributed by atoms with Crippen LogP contribution in [-0.4, -0.2) is 38.0 Å². The Morgan fingerprint density at radius 2 is 2.13 bits per heavy atom. The van der Waals surface area contributed by atoms with Crippen LogP contribution in [0, 0.1) is 16.7 Å². The van der Waals surface area contributed by atoms with Gasteiger partial charge in [0, 0.05) is 23.7 Å². The van der Waals surface area contributed by atoms with Crippen LogP contribution in [0.2, 0.25) is 0 Å². The molecule has 0 saturated heterocycles. The van der Waals surface area contributed by atoms with Crippen LogP contribution in [0.1, 0.15) is 59.6 Å². The maximum absolute atomic E-state index is 9.84. The quantitative estimate of drug-likeness (QED) is 0.908. The Morgan fingerprint density at radius 3 is 2.70 bits per heavy atom. The van der Waals surface area contributed by atoms with Gasteiger partial charge in [0.05, 0.1) is 24.4 Å². The van der Waals surface area contributed by atoms with E-state index in [1.54, 1.807) is 13.8 Å². The molecule has 0 aromatic carbocycles. The third kappa shape index (κ3) is 2.95. The zero-order valence-electron chi connectivity index (χ0n) is 15.1. The molecule has 3 rings (SSSR count). The fourth-order valence-electron chi connectivity index (χ4n) is 4.43. The maximum atomic E-state index is 9.84. The van der Waals surface area contributed by atoms with Crippen molar-refractivity contribution in [3.63, 3.8) is 0 Å². The Morgan fingerprint density at radius 1 is 1.39 bits per heavy atom. The van der Waals surface area contributed by atoms with Crippen LogP contribution in [0.5, 0.6) is 0 Å². The summed E-state index contributed by atoms with van der Waals surface area (Å²) >= 11 is 0. The first-order chi connectivity index (χ1) is 10.6. The first-order valence-corrected chi connectivity index (χ1v) is 8.77. The van der Waals surface area contributed by atoms with Crippen molar-refractivity contribution in [2.75, 3.05) is 6.54 Å². The highest BCUT2D eigenvalue weighted by Gasteiger charge is 2.59. The Balaban J connectivity index is 1.60. The van der Waals surface area contributed by atoms with E-state index in [1.165, 1.54) is 25.0 Å². The van der Waals surface area contributed by atoms with E-state index in [0.717, 1.165) is 24.7 Å². The van der Waals surface area contributed by atoms with Gasteiger partial charge in [0.2, 0.25) is 0 Å². The minimum Gasteiger partial charge on any atom is -0.390 e. The molecule has 1 aromatic rings. The number of aromatic nitrogens is 3. The van der Waals surface area contributed by atoms with Gasteiger partial charge in [-0.05, 0) is 44.4 Å². The standard InChI is InChI=1S/C18H30N4O/c1-16(2,23)11-14-12-22(21-20-14)9-8-19-15-10-13-6-7-18(15,5)17(13,3)4/h12-13,23H,6-11H2,1-5H3/t13-,18+/m1/s1. The van der Waals surface area contributed by atoms with Crippen molar-refractivity contribution in [1.82, 2.24) is 15.0 Å². The van der Waals surface area contributed by atoms with Gasteiger partial charge < -0.3 is 5.11 Å². The summed E-state index contributed by atoms with van der Waals surface area (Å²) in [5.74, 6) is 0.802. The van der Waals surface area contributed by atoms with Crippen molar-refractivity contribution in [3.05, 3.63) is 11.9 Å². The molecule has 0 aliphatic heterocycles. The van der Waals surface area contributed by atoms with Gasteiger partial charge in [0.25, 0.3) is 0 Å². The maximum Gasteiger partial charge on any atom is 0.0855 e. The summed E-state index contributed by atoms with van der Waals surface area (Å²) in [7, 11) is 0. The van der Waals surface area contributed by atoms with Gasteiger partial charge in [-0.3, -0.25) is 9.67 Å². The molecule has 2 atom stereocenters. The van der Waals surface area contributed by atoms with E-state index in [2.05, 4.69) is 31.1 Å². The van der Waals surface area contributed by atoms with Crippen molar-refractivity contribution in [2.45, 2.75) is 72.4 Å². The Bertz CT molecular complexity index is 611. The van der Waals surface area contributed by atoms with Crippen LogP contribution in [0.3, 0.4) is 0 Å². The number of aliphatic imine (C=N–C) groups is 1. The highest BCUT2D eigenvalue weighted by Crippen LogP contribution is 2.63. The normalized spacial score (nSPS) is 31.2. The van der Waals surface area contributed by atoms with Crippen LogP contribution in [-0.2, 0) is 13.0 Å². The van der Waals surface area contributed by atoms with Crippen molar-refractivity contribution < 1.29 is 5.11 Å². The van der Waals surface area contributed by atoms with Crippen LogP contribution >= 0.6 is 0 Å². The number of hydrogen-bond acceptors (Lipinski definition) is 4. The lowest BCUT2D eigenvalue weighted by molar-refractivity contribution is 0.0799. The molecule has 2 aliphatic carbocycles. The third-order valence-corrected chi connectivity index (χ3v) is 6.34. The lowest BCUT2D eigenvalue weighted by Gasteiger charge is -2.34. The van der Waals surface area contributed by atoms with Gasteiger partial charge in [0.1, 0.15) is 0 Å². The van der Waals surface area contributed by atoms with Crippen LogP contribution in [0.15, 0.2) is 11.2 Å². The first-order valence-electron chi connectivity index (χ1n) is 8.77. The zero-order valence-corrected chi connectivity index (χ0v) is 15.1. The second-order valence-corrected chi connectivity index (χ2v) is 8.78. The van der Waals surface area contributed by atoms with Gasteiger partial charge in [-0.1, -0.05) is 26.0 Å². The molecule has 0 spiro atoms. The third-order valence-electron chi connectivity index (χ3n) is 6.34. The van der Waals surface area contributed by atoms with E-state index in [9.17, 15) is 5.11 Å². The molecular weight excluding hydrogens is 288 g/mol. The van der Waals surface area contributed by atoms with Crippen molar-refractivity contribution in [1.29, 1.82) is 0 Å². The molecule has 0 radical (unpaired) electrons. The average Bonchev–Trinajstić information content (AvgIpc) is 2.99. The molecule has 128 valence electrons. The van der Waals surface area contributed by atoms with Gasteiger partial charge in [-0.25, -0.2) is 0 Å². The summed E-state index contributed by atoms with van der Waals surface area (Å²) < 4.78 is 1.84. The Kier molecular flexibility index (Phi) is 3.90. The highest BCUT2D eigenvalue weighted by atomic mass is 16.3. The van der Waals surface area contributed by atoms with Gasteiger partial charge in [-0.2, -0.15) is 0 Å². The van der Waals surface area contributed by atoms with E-state index < -0.39 is 5.60 Å². The lowest BCUT2D eigenvalue weighted by atomic mass is 9.70. The summed E-state index contributed by atoms with van der Waals surface area (Å²) in [6, 6.07) is 0. The molecular formula is C18H30N4O. The van der Waals surface area contributed by atoms with Crippen LogP contribution < -0.4 is 0 Å². The molecule has 2 aliphatic rings. The number of nitrogens with zero attached hydrogens (tertiary/aromatic N) is 4. The van der Waals surface area contributed by atoms with E-state index in [4.69, 9.17) is 4.99 Å². The van der Waals surface area contributed by atoms with Crippen molar-refractivity contribution in [3.8, 4) is 0 Å². The van der Waals surface area contributed by atoms with Gasteiger partial charge >= 0.3 is 0 Å². The second-order valence-electron chi connectivity index (χ2n) is 8.78. The number of rotatable bonds is 5. The molecule has 23 heavy (non-hydrogen) atoms. The fourth-order valence-corrected chi connectivity index (χ4v) is 4.43. The predicted molar refractivity (Wildman–Crippen MR) is 91.6 cm³/mol. The molecule has 2 fully saturated rings. The first kappa shape index (κ1) is 16.6. The molecule has 0 amide bonds. The van der Waals surface area contributed by atoms with E-state index in [1.807, 2.05) is 10.9 Å². The fraction of sp³-hybridized carbons (Fsp3) is 0.833. The summed E-state index contributed by atoms with van der Waals surface area (Å²) in [6.45, 7) is 12.3. The summed E-state index contributed by atoms with van der Waals surface area (Å²) in [6.07, 6.45) is 6.25. The minimum atomic E-state index is -0.746. The molecule has 5 nitrogen and oxygen atoms in total. The molecule has 0 unspecified atom stereocenters. The number of hydrogen-bond donors (Lipinski definition) is 1. The number of aliphatic hydroxyl groups is 1. The molecule has 1 heterocycles. The largest absolute Gasteiger partial charge is 0.390 e. The van der Waals surface area contributed by atoms with E-state index in [0.29, 0.717) is 11.8 Å². The lowest BCUT2D eigenvalue weighted by Crippen LogP contribution is -2.32. The van der Waals surface area contributed by atoms with Crippen LogP contribution in [0.25, 0.3) is 0 Å². The molecule has 5 heteroatoms. The smallest absolute Gasteiger partial charge is 0.0855 e. The SMILES string of the molecule is CC(C)(O)Cc1cn(CCN=C2C[C@H]3CC[C@]2(C)C3(C)C)nn1. The predicted octanol–water partition coefficient (Wildman–Crippen LogP) is 2.88. The number of fused-ring (bicyclic) bond motifs is 2. The molecule has 2 saturated carbocycles. The van der Waals surface area contributed by atoms with Gasteiger partial charge in [-0.15, -0.1) is 5.10 Å². The Hall–Kier alpha value is -1.23. The average molecular weight is 318 g/mol. The van der Waals surface area contributed by atoms with E-state index in [-0.39, 0.29) is 5.41 Å². The minimum absolute atomic E-state index is 0.284.